The van der Waals surface area contributed by atoms with Gasteiger partial charge < -0.3 is 9.64 Å². The second-order valence-electron chi connectivity index (χ2n) is 11.0. The minimum atomic E-state index is 0.611. The molecule has 4 bridgehead atoms. The molecule has 0 radical (unpaired) electrons. The largest absolute Gasteiger partial charge is 0.377 e. The van der Waals surface area contributed by atoms with E-state index in [0.29, 0.717) is 6.10 Å². The van der Waals surface area contributed by atoms with Crippen LogP contribution in [-0.2, 0) is 11.3 Å². The molecule has 1 saturated heterocycles. The summed E-state index contributed by atoms with van der Waals surface area (Å²) in [6.45, 7) is 7.95. The van der Waals surface area contributed by atoms with Crippen LogP contribution in [0, 0.1) is 29.6 Å². The van der Waals surface area contributed by atoms with Crippen LogP contribution in [0.15, 0.2) is 24.3 Å². The van der Waals surface area contributed by atoms with Crippen molar-refractivity contribution in [2.24, 2.45) is 29.6 Å². The molecule has 1 aromatic carbocycles. The fourth-order valence-electron chi connectivity index (χ4n) is 7.28. The first-order valence-corrected chi connectivity index (χ1v) is 12.8. The Morgan fingerprint density at radius 3 is 2.17 bits per heavy atom. The number of anilines is 1. The van der Waals surface area contributed by atoms with E-state index < -0.39 is 0 Å². The van der Waals surface area contributed by atoms with Crippen molar-refractivity contribution in [1.82, 2.24) is 4.90 Å². The lowest BCUT2D eigenvalue weighted by molar-refractivity contribution is -0.135. The molecule has 4 aliphatic carbocycles. The average molecular weight is 411 g/mol. The highest BCUT2D eigenvalue weighted by Gasteiger charge is 2.48. The van der Waals surface area contributed by atoms with Crippen molar-refractivity contribution in [3.63, 3.8) is 0 Å². The quantitative estimate of drug-likeness (QED) is 0.556. The maximum Gasteiger partial charge on any atom is 0.0631 e. The third-order valence-corrected chi connectivity index (χ3v) is 8.71. The highest BCUT2D eigenvalue weighted by molar-refractivity contribution is 5.46. The van der Waals surface area contributed by atoms with Gasteiger partial charge in [0.1, 0.15) is 0 Å². The Morgan fingerprint density at radius 2 is 1.57 bits per heavy atom. The number of benzene rings is 1. The number of rotatable bonds is 8. The maximum absolute atomic E-state index is 6.64. The van der Waals surface area contributed by atoms with E-state index in [0.717, 1.165) is 49.3 Å². The highest BCUT2D eigenvalue weighted by atomic mass is 16.5. The van der Waals surface area contributed by atoms with Crippen LogP contribution in [-0.4, -0.2) is 44.3 Å². The van der Waals surface area contributed by atoms with Gasteiger partial charge in [0.15, 0.2) is 0 Å². The van der Waals surface area contributed by atoms with Crippen molar-refractivity contribution in [3.05, 3.63) is 29.8 Å². The molecule has 0 atom stereocenters. The van der Waals surface area contributed by atoms with Crippen molar-refractivity contribution >= 4 is 5.69 Å². The molecule has 1 aromatic rings. The smallest absolute Gasteiger partial charge is 0.0631 e. The van der Waals surface area contributed by atoms with Crippen LogP contribution in [0.5, 0.6) is 0 Å². The lowest BCUT2D eigenvalue weighted by Gasteiger charge is -2.54. The Bertz CT molecular complexity index is 651. The first kappa shape index (κ1) is 20.8. The summed E-state index contributed by atoms with van der Waals surface area (Å²) in [5.41, 5.74) is 2.79. The number of piperidine rings is 1. The standard InChI is InChI=1S/C27H42N2O/c1-3-10-28(2)26-6-4-20(5-7-26)18-29-11-8-21(9-12-29)19-30-27-24-14-22-13-23(16-24)17-25(27)15-22/h4-7,21-25,27H,3,8-19H2,1-2H3. The topological polar surface area (TPSA) is 15.7 Å². The second-order valence-corrected chi connectivity index (χ2v) is 11.0. The van der Waals surface area contributed by atoms with Gasteiger partial charge in [-0.2, -0.15) is 0 Å². The van der Waals surface area contributed by atoms with Crippen LogP contribution in [0.1, 0.15) is 63.9 Å². The molecule has 1 aliphatic heterocycles. The molecular weight excluding hydrogens is 368 g/mol. The molecular formula is C27H42N2O. The van der Waals surface area contributed by atoms with E-state index in [2.05, 4.69) is 48.0 Å². The number of hydrogen-bond donors (Lipinski definition) is 0. The van der Waals surface area contributed by atoms with E-state index in [1.807, 2.05) is 0 Å². The molecule has 0 N–H and O–H groups in total. The normalized spacial score (nSPS) is 33.9. The number of nitrogens with zero attached hydrogens (tertiary/aromatic N) is 2. The van der Waals surface area contributed by atoms with Crippen molar-refractivity contribution in [2.45, 2.75) is 70.9 Å². The Labute approximate surface area is 184 Å². The van der Waals surface area contributed by atoms with Crippen LogP contribution in [0.25, 0.3) is 0 Å². The van der Waals surface area contributed by atoms with Gasteiger partial charge in [0.2, 0.25) is 0 Å². The van der Waals surface area contributed by atoms with E-state index >= 15 is 0 Å². The first-order chi connectivity index (χ1) is 14.7. The molecule has 0 aromatic heterocycles. The predicted molar refractivity (Wildman–Crippen MR) is 125 cm³/mol. The van der Waals surface area contributed by atoms with Gasteiger partial charge in [0.25, 0.3) is 0 Å². The summed E-state index contributed by atoms with van der Waals surface area (Å²) in [5, 5.41) is 0. The molecule has 5 aliphatic rings. The number of likely N-dealkylation sites (tertiary alicyclic amines) is 1. The Hall–Kier alpha value is -1.06. The molecule has 6 rings (SSSR count). The Morgan fingerprint density at radius 1 is 0.933 bits per heavy atom. The molecule has 3 heteroatoms. The summed E-state index contributed by atoms with van der Waals surface area (Å²) < 4.78 is 6.64. The lowest BCUT2D eigenvalue weighted by atomic mass is 9.55. The van der Waals surface area contributed by atoms with Crippen molar-refractivity contribution in [1.29, 1.82) is 0 Å². The van der Waals surface area contributed by atoms with Gasteiger partial charge in [-0.15, -0.1) is 0 Å². The van der Waals surface area contributed by atoms with Gasteiger partial charge in [-0.05, 0) is 112 Å². The van der Waals surface area contributed by atoms with Crippen LogP contribution in [0.4, 0.5) is 5.69 Å². The fourth-order valence-corrected chi connectivity index (χ4v) is 7.28. The van der Waals surface area contributed by atoms with Gasteiger partial charge in [0, 0.05) is 32.4 Å². The molecule has 5 fully saturated rings. The third-order valence-electron chi connectivity index (χ3n) is 8.71. The third kappa shape index (κ3) is 4.58. The monoisotopic (exact) mass is 410 g/mol. The number of ether oxygens (including phenoxy) is 1. The number of hydrogen-bond acceptors (Lipinski definition) is 3. The first-order valence-electron chi connectivity index (χ1n) is 12.8. The molecule has 1 heterocycles. The minimum Gasteiger partial charge on any atom is -0.377 e. The van der Waals surface area contributed by atoms with Gasteiger partial charge >= 0.3 is 0 Å². The van der Waals surface area contributed by atoms with E-state index in [4.69, 9.17) is 4.74 Å². The van der Waals surface area contributed by atoms with Crippen LogP contribution < -0.4 is 4.90 Å². The summed E-state index contributed by atoms with van der Waals surface area (Å²) in [6, 6.07) is 9.22. The minimum absolute atomic E-state index is 0.611. The molecule has 0 spiro atoms. The van der Waals surface area contributed by atoms with E-state index in [1.165, 1.54) is 75.7 Å². The zero-order valence-corrected chi connectivity index (χ0v) is 19.3. The van der Waals surface area contributed by atoms with Crippen molar-refractivity contribution in [3.8, 4) is 0 Å². The van der Waals surface area contributed by atoms with Gasteiger partial charge in [0.05, 0.1) is 6.10 Å². The van der Waals surface area contributed by atoms with E-state index in [9.17, 15) is 0 Å². The molecule has 166 valence electrons. The van der Waals surface area contributed by atoms with Crippen LogP contribution in [0.3, 0.4) is 0 Å². The molecule has 0 amide bonds. The van der Waals surface area contributed by atoms with Crippen LogP contribution >= 0.6 is 0 Å². The second kappa shape index (κ2) is 9.20. The fraction of sp³-hybridized carbons (Fsp3) is 0.778. The SMILES string of the molecule is CCCN(C)c1ccc(CN2CCC(COC3C4CC5CC(C4)CC3C5)CC2)cc1. The van der Waals surface area contributed by atoms with Gasteiger partial charge in [-0.3, -0.25) is 4.90 Å². The Balaban J connectivity index is 1.05. The van der Waals surface area contributed by atoms with Crippen molar-refractivity contribution < 1.29 is 4.74 Å². The summed E-state index contributed by atoms with van der Waals surface area (Å²) in [6.07, 6.45) is 11.9. The van der Waals surface area contributed by atoms with Crippen LogP contribution in [0.2, 0.25) is 0 Å². The summed E-state index contributed by atoms with van der Waals surface area (Å²) in [7, 11) is 2.19. The predicted octanol–water partition coefficient (Wildman–Crippen LogP) is 5.59. The molecule has 4 saturated carbocycles. The molecule has 3 nitrogen and oxygen atoms in total. The molecule has 30 heavy (non-hydrogen) atoms. The summed E-state index contributed by atoms with van der Waals surface area (Å²) in [5.74, 6) is 4.69. The Kier molecular flexibility index (Phi) is 6.39. The van der Waals surface area contributed by atoms with Gasteiger partial charge in [-0.25, -0.2) is 0 Å². The summed E-state index contributed by atoms with van der Waals surface area (Å²) >= 11 is 0. The van der Waals surface area contributed by atoms with E-state index in [1.54, 1.807) is 0 Å². The van der Waals surface area contributed by atoms with E-state index in [-0.39, 0.29) is 0 Å². The zero-order valence-electron chi connectivity index (χ0n) is 19.3. The maximum atomic E-state index is 6.64. The highest BCUT2D eigenvalue weighted by Crippen LogP contribution is 2.54. The van der Waals surface area contributed by atoms with Crippen molar-refractivity contribution in [2.75, 3.05) is 38.2 Å². The summed E-state index contributed by atoms with van der Waals surface area (Å²) in [4.78, 5) is 4.99. The zero-order chi connectivity index (χ0) is 20.5. The molecule has 0 unspecified atom stereocenters. The lowest BCUT2D eigenvalue weighted by Crippen LogP contribution is -2.50. The average Bonchev–Trinajstić information content (AvgIpc) is 2.74. The van der Waals surface area contributed by atoms with Gasteiger partial charge in [-0.1, -0.05) is 19.1 Å².